The Balaban J connectivity index is 1.91. The molecule has 0 bridgehead atoms. The van der Waals surface area contributed by atoms with Crippen LogP contribution in [0.25, 0.3) is 0 Å². The minimum absolute atomic E-state index is 0.0295. The molecule has 1 rings (SSSR count). The van der Waals surface area contributed by atoms with Crippen LogP contribution in [-0.4, -0.2) is 61.6 Å². The van der Waals surface area contributed by atoms with Crippen molar-refractivity contribution in [3.8, 4) is 0 Å². The fourth-order valence-electron chi connectivity index (χ4n) is 4.86. The van der Waals surface area contributed by atoms with E-state index in [1.165, 1.54) is 103 Å². The van der Waals surface area contributed by atoms with Gasteiger partial charge in [-0.3, -0.25) is 0 Å². The van der Waals surface area contributed by atoms with E-state index in [2.05, 4.69) is 11.8 Å². The third-order valence-corrected chi connectivity index (χ3v) is 7.82. The molecule has 7 heteroatoms. The highest BCUT2D eigenvalue weighted by atomic mass is 31.2. The predicted molar refractivity (Wildman–Crippen MR) is 151 cm³/mol. The van der Waals surface area contributed by atoms with Crippen LogP contribution < -0.4 is 0 Å². The van der Waals surface area contributed by atoms with Crippen molar-refractivity contribution in [2.45, 2.75) is 129 Å². The maximum atomic E-state index is 11.6. The standard InChI is InChI=1S/C29H58NO5P/c1-3-4-5-6-7-8-9-10-11-12-13-14-15-16-19-23-33-26-29(25-28(2)31)27-35-36(32)34-24-22-30-20-17-18-21-30/h29,32H,3-27H2,1-2H3. The third-order valence-electron chi connectivity index (χ3n) is 7.05. The lowest BCUT2D eigenvalue weighted by Gasteiger charge is -2.19. The lowest BCUT2D eigenvalue weighted by molar-refractivity contribution is -0.118. The van der Waals surface area contributed by atoms with E-state index in [4.69, 9.17) is 13.8 Å². The average Bonchev–Trinajstić information content (AvgIpc) is 3.37. The van der Waals surface area contributed by atoms with Gasteiger partial charge in [-0.15, -0.1) is 0 Å². The molecule has 1 aliphatic heterocycles. The summed E-state index contributed by atoms with van der Waals surface area (Å²) in [6.45, 7) is 8.94. The van der Waals surface area contributed by atoms with Gasteiger partial charge in [0.1, 0.15) is 5.78 Å². The summed E-state index contributed by atoms with van der Waals surface area (Å²) in [6.07, 6.45) is 23.2. The number of rotatable bonds is 27. The third kappa shape index (κ3) is 21.9. The van der Waals surface area contributed by atoms with Gasteiger partial charge in [-0.1, -0.05) is 96.8 Å². The number of Topliss-reactive ketones (excluding diaryl/α,β-unsaturated/α-hetero) is 1. The molecular weight excluding hydrogens is 473 g/mol. The van der Waals surface area contributed by atoms with Gasteiger partial charge in [0, 0.05) is 25.5 Å². The van der Waals surface area contributed by atoms with Gasteiger partial charge in [-0.05, 0) is 39.3 Å². The molecule has 1 heterocycles. The Hall–Kier alpha value is -0.100. The molecule has 2 unspecified atom stereocenters. The topological polar surface area (TPSA) is 68.2 Å². The Bertz CT molecular complexity index is 490. The SMILES string of the molecule is CCCCCCCCCCCCCCCCCOCC(COP(O)OCCN1CCCC1)CC(C)=O. The highest BCUT2D eigenvalue weighted by Gasteiger charge is 2.17. The van der Waals surface area contributed by atoms with Crippen LogP contribution in [0.2, 0.25) is 0 Å². The summed E-state index contributed by atoms with van der Waals surface area (Å²) in [7, 11) is -1.89. The number of hydrogen-bond acceptors (Lipinski definition) is 6. The van der Waals surface area contributed by atoms with Crippen LogP contribution >= 0.6 is 8.60 Å². The molecule has 36 heavy (non-hydrogen) atoms. The van der Waals surface area contributed by atoms with Crippen molar-refractivity contribution in [2.24, 2.45) is 5.92 Å². The second kappa shape index (κ2) is 25.2. The summed E-state index contributed by atoms with van der Waals surface area (Å²) >= 11 is 0. The Labute approximate surface area is 224 Å². The average molecular weight is 532 g/mol. The molecule has 0 aromatic carbocycles. The number of ether oxygens (including phenoxy) is 1. The number of nitrogens with zero attached hydrogens (tertiary/aromatic N) is 1. The van der Waals surface area contributed by atoms with Crippen LogP contribution in [0.3, 0.4) is 0 Å². The van der Waals surface area contributed by atoms with Crippen molar-refractivity contribution in [1.29, 1.82) is 0 Å². The molecule has 1 saturated heterocycles. The normalized spacial score (nSPS) is 16.0. The fraction of sp³-hybridized carbons (Fsp3) is 0.966. The Morgan fingerprint density at radius 1 is 0.778 bits per heavy atom. The number of unbranched alkanes of at least 4 members (excludes halogenated alkanes) is 14. The minimum Gasteiger partial charge on any atom is -0.381 e. The van der Waals surface area contributed by atoms with E-state index in [-0.39, 0.29) is 11.7 Å². The van der Waals surface area contributed by atoms with Gasteiger partial charge < -0.3 is 28.4 Å². The van der Waals surface area contributed by atoms with E-state index in [1.54, 1.807) is 6.92 Å². The zero-order valence-electron chi connectivity index (χ0n) is 23.7. The largest absolute Gasteiger partial charge is 0.381 e. The van der Waals surface area contributed by atoms with Gasteiger partial charge in [0.25, 0.3) is 0 Å². The summed E-state index contributed by atoms with van der Waals surface area (Å²) in [4.78, 5) is 23.9. The molecule has 0 aromatic rings. The maximum absolute atomic E-state index is 11.6. The number of likely N-dealkylation sites (tertiary alicyclic amines) is 1. The number of carbonyl (C=O) groups is 1. The molecule has 0 aliphatic carbocycles. The van der Waals surface area contributed by atoms with E-state index in [0.29, 0.717) is 26.2 Å². The Kier molecular flexibility index (Phi) is 23.7. The first-order chi connectivity index (χ1) is 17.6. The fourth-order valence-corrected chi connectivity index (χ4v) is 5.51. The summed E-state index contributed by atoms with van der Waals surface area (Å²) in [6, 6.07) is 0. The van der Waals surface area contributed by atoms with Gasteiger partial charge in [-0.2, -0.15) is 0 Å². The molecule has 1 N–H and O–H groups in total. The Morgan fingerprint density at radius 3 is 1.83 bits per heavy atom. The van der Waals surface area contributed by atoms with Crippen molar-refractivity contribution < 1.29 is 23.5 Å². The zero-order valence-corrected chi connectivity index (χ0v) is 24.6. The van der Waals surface area contributed by atoms with Crippen molar-refractivity contribution in [1.82, 2.24) is 4.90 Å². The maximum Gasteiger partial charge on any atom is 0.329 e. The number of carbonyl (C=O) groups excluding carboxylic acids is 1. The van der Waals surface area contributed by atoms with Gasteiger partial charge in [-0.25, -0.2) is 0 Å². The predicted octanol–water partition coefficient (Wildman–Crippen LogP) is 7.82. The van der Waals surface area contributed by atoms with Gasteiger partial charge in [0.05, 0.1) is 19.8 Å². The smallest absolute Gasteiger partial charge is 0.329 e. The second-order valence-electron chi connectivity index (χ2n) is 10.7. The first kappa shape index (κ1) is 33.9. The molecule has 6 nitrogen and oxygen atoms in total. The first-order valence-electron chi connectivity index (χ1n) is 15.2. The summed E-state index contributed by atoms with van der Waals surface area (Å²) in [5, 5.41) is 0. The Morgan fingerprint density at radius 2 is 1.31 bits per heavy atom. The molecule has 0 radical (unpaired) electrons. The molecular formula is C29H58NO5P. The molecule has 1 aliphatic rings. The lowest BCUT2D eigenvalue weighted by Crippen LogP contribution is -2.23. The van der Waals surface area contributed by atoms with Crippen LogP contribution in [0.4, 0.5) is 0 Å². The number of ketones is 1. The summed E-state index contributed by atoms with van der Waals surface area (Å²) in [5.74, 6) is 0.0922. The van der Waals surface area contributed by atoms with E-state index in [0.717, 1.165) is 32.7 Å². The molecule has 1 fully saturated rings. The monoisotopic (exact) mass is 531 g/mol. The van der Waals surface area contributed by atoms with Crippen molar-refractivity contribution in [2.75, 3.05) is 46.1 Å². The van der Waals surface area contributed by atoms with Crippen LogP contribution in [0.1, 0.15) is 129 Å². The summed E-state index contributed by atoms with van der Waals surface area (Å²) < 4.78 is 16.8. The van der Waals surface area contributed by atoms with Gasteiger partial charge in [0.15, 0.2) is 0 Å². The van der Waals surface area contributed by atoms with Crippen LogP contribution in [-0.2, 0) is 18.6 Å². The quantitative estimate of drug-likeness (QED) is 0.0861. The highest BCUT2D eigenvalue weighted by molar-refractivity contribution is 7.40. The molecule has 2 atom stereocenters. The van der Waals surface area contributed by atoms with E-state index < -0.39 is 8.60 Å². The van der Waals surface area contributed by atoms with Crippen LogP contribution in [0, 0.1) is 5.92 Å². The van der Waals surface area contributed by atoms with Crippen LogP contribution in [0.5, 0.6) is 0 Å². The molecule has 0 saturated carbocycles. The van der Waals surface area contributed by atoms with E-state index in [9.17, 15) is 9.69 Å². The van der Waals surface area contributed by atoms with Crippen molar-refractivity contribution in [3.63, 3.8) is 0 Å². The summed E-state index contributed by atoms with van der Waals surface area (Å²) in [5.41, 5.74) is 0. The van der Waals surface area contributed by atoms with Crippen LogP contribution in [0.15, 0.2) is 0 Å². The molecule has 214 valence electrons. The molecule has 0 aromatic heterocycles. The molecule has 0 spiro atoms. The molecule has 0 amide bonds. The zero-order chi connectivity index (χ0) is 26.1. The first-order valence-corrected chi connectivity index (χ1v) is 16.3. The van der Waals surface area contributed by atoms with Gasteiger partial charge in [0.2, 0.25) is 0 Å². The second-order valence-corrected chi connectivity index (χ2v) is 11.7. The van der Waals surface area contributed by atoms with E-state index in [1.807, 2.05) is 0 Å². The van der Waals surface area contributed by atoms with Crippen molar-refractivity contribution >= 4 is 14.4 Å². The van der Waals surface area contributed by atoms with Crippen molar-refractivity contribution in [3.05, 3.63) is 0 Å². The van der Waals surface area contributed by atoms with Gasteiger partial charge >= 0.3 is 8.60 Å². The highest BCUT2D eigenvalue weighted by Crippen LogP contribution is 2.33. The van der Waals surface area contributed by atoms with E-state index >= 15 is 0 Å². The lowest BCUT2D eigenvalue weighted by atomic mass is 10.0. The number of hydrogen-bond donors (Lipinski definition) is 1. The minimum atomic E-state index is -1.89.